The van der Waals surface area contributed by atoms with E-state index in [0.717, 1.165) is 5.56 Å². The zero-order valence-corrected chi connectivity index (χ0v) is 17.1. The summed E-state index contributed by atoms with van der Waals surface area (Å²) in [5.41, 5.74) is 0.471. The van der Waals surface area contributed by atoms with Crippen LogP contribution in [0.25, 0.3) is 0 Å². The van der Waals surface area contributed by atoms with Crippen molar-refractivity contribution >= 4 is 11.9 Å². The summed E-state index contributed by atoms with van der Waals surface area (Å²) in [6, 6.07) is 20.3. The van der Waals surface area contributed by atoms with Crippen LogP contribution in [0.2, 0.25) is 0 Å². The molecular formula is C23H23N3O5. The number of carbonyl (C=O) groups is 2. The summed E-state index contributed by atoms with van der Waals surface area (Å²) < 4.78 is 11.5. The maximum Gasteiger partial charge on any atom is 0.307 e. The van der Waals surface area contributed by atoms with Crippen LogP contribution in [0.3, 0.4) is 0 Å². The van der Waals surface area contributed by atoms with Crippen LogP contribution < -0.4 is 15.6 Å². The predicted octanol–water partition coefficient (Wildman–Crippen LogP) is 2.36. The van der Waals surface area contributed by atoms with Crippen LogP contribution in [-0.4, -0.2) is 35.4 Å². The molecular weight excluding hydrogens is 398 g/mol. The SMILES string of the molecule is COC(=O)CC(NC(=O)c1ccc(=O)n(CCOc2ccccc2)n1)c1ccccc1. The number of hydrogen-bond acceptors (Lipinski definition) is 6. The van der Waals surface area contributed by atoms with Crippen LogP contribution in [-0.2, 0) is 16.1 Å². The van der Waals surface area contributed by atoms with Crippen LogP contribution in [0.4, 0.5) is 0 Å². The van der Waals surface area contributed by atoms with Gasteiger partial charge in [0.15, 0.2) is 0 Å². The molecule has 8 nitrogen and oxygen atoms in total. The molecule has 160 valence electrons. The lowest BCUT2D eigenvalue weighted by atomic mass is 10.0. The highest BCUT2D eigenvalue weighted by Gasteiger charge is 2.20. The number of nitrogens with zero attached hydrogens (tertiary/aromatic N) is 2. The summed E-state index contributed by atoms with van der Waals surface area (Å²) in [4.78, 5) is 36.7. The Hall–Kier alpha value is -3.94. The van der Waals surface area contributed by atoms with Crippen LogP contribution in [0.5, 0.6) is 5.75 Å². The Morgan fingerprint density at radius 1 is 1.00 bits per heavy atom. The average Bonchev–Trinajstić information content (AvgIpc) is 2.81. The highest BCUT2D eigenvalue weighted by Crippen LogP contribution is 2.17. The molecule has 1 heterocycles. The first kappa shape index (κ1) is 21.8. The molecule has 0 fully saturated rings. The molecule has 3 rings (SSSR count). The third kappa shape index (κ3) is 6.27. The minimum atomic E-state index is -0.593. The summed E-state index contributed by atoms with van der Waals surface area (Å²) in [6.45, 7) is 0.399. The number of para-hydroxylation sites is 1. The first-order valence-electron chi connectivity index (χ1n) is 9.75. The number of nitrogens with one attached hydrogen (secondary N) is 1. The van der Waals surface area contributed by atoms with Gasteiger partial charge in [0.25, 0.3) is 11.5 Å². The minimum Gasteiger partial charge on any atom is -0.492 e. The van der Waals surface area contributed by atoms with Crippen LogP contribution in [0.15, 0.2) is 77.6 Å². The lowest BCUT2D eigenvalue weighted by Gasteiger charge is -2.18. The van der Waals surface area contributed by atoms with E-state index in [-0.39, 0.29) is 30.8 Å². The Morgan fingerprint density at radius 3 is 2.35 bits per heavy atom. The normalized spacial score (nSPS) is 11.4. The van der Waals surface area contributed by atoms with Gasteiger partial charge in [-0.25, -0.2) is 4.68 Å². The monoisotopic (exact) mass is 421 g/mol. The van der Waals surface area contributed by atoms with E-state index < -0.39 is 17.9 Å². The molecule has 1 atom stereocenters. The van der Waals surface area contributed by atoms with E-state index in [1.165, 1.54) is 23.9 Å². The Bertz CT molecular complexity index is 1070. The minimum absolute atomic E-state index is 0.0309. The lowest BCUT2D eigenvalue weighted by molar-refractivity contribution is -0.141. The van der Waals surface area contributed by atoms with Gasteiger partial charge in [0.05, 0.1) is 26.1 Å². The summed E-state index contributed by atoms with van der Waals surface area (Å²) in [5, 5.41) is 6.94. The summed E-state index contributed by atoms with van der Waals surface area (Å²) >= 11 is 0. The number of ether oxygens (including phenoxy) is 2. The summed E-state index contributed by atoms with van der Waals surface area (Å²) in [5.74, 6) is -0.279. The van der Waals surface area contributed by atoms with Crippen molar-refractivity contribution in [1.82, 2.24) is 15.1 Å². The number of methoxy groups -OCH3 is 1. The maximum absolute atomic E-state index is 12.8. The highest BCUT2D eigenvalue weighted by atomic mass is 16.5. The van der Waals surface area contributed by atoms with Crippen molar-refractivity contribution in [2.24, 2.45) is 0 Å². The number of rotatable bonds is 9. The van der Waals surface area contributed by atoms with Crippen molar-refractivity contribution in [2.45, 2.75) is 19.0 Å². The second-order valence-corrected chi connectivity index (χ2v) is 6.66. The van der Waals surface area contributed by atoms with E-state index in [0.29, 0.717) is 5.75 Å². The summed E-state index contributed by atoms with van der Waals surface area (Å²) in [7, 11) is 1.29. The highest BCUT2D eigenvalue weighted by molar-refractivity contribution is 5.92. The molecule has 3 aromatic rings. The molecule has 2 aromatic carbocycles. The zero-order chi connectivity index (χ0) is 22.1. The van der Waals surface area contributed by atoms with Gasteiger partial charge in [-0.15, -0.1) is 0 Å². The number of aromatic nitrogens is 2. The van der Waals surface area contributed by atoms with Crippen LogP contribution in [0.1, 0.15) is 28.5 Å². The number of amides is 1. The van der Waals surface area contributed by atoms with Crippen LogP contribution >= 0.6 is 0 Å². The third-order valence-corrected chi connectivity index (χ3v) is 4.52. The predicted molar refractivity (Wildman–Crippen MR) is 114 cm³/mol. The smallest absolute Gasteiger partial charge is 0.307 e. The third-order valence-electron chi connectivity index (χ3n) is 4.52. The number of esters is 1. The fraction of sp³-hybridized carbons (Fsp3) is 0.217. The molecule has 0 aliphatic carbocycles. The fourth-order valence-electron chi connectivity index (χ4n) is 2.92. The Balaban J connectivity index is 1.70. The van der Waals surface area contributed by atoms with Gasteiger partial charge in [-0.2, -0.15) is 5.10 Å². The first-order chi connectivity index (χ1) is 15.1. The molecule has 0 bridgehead atoms. The molecule has 0 saturated carbocycles. The van der Waals surface area contributed by atoms with E-state index in [1.807, 2.05) is 60.7 Å². The first-order valence-corrected chi connectivity index (χ1v) is 9.75. The molecule has 0 aliphatic rings. The molecule has 31 heavy (non-hydrogen) atoms. The van der Waals surface area contributed by atoms with Gasteiger partial charge in [-0.3, -0.25) is 14.4 Å². The molecule has 1 N–H and O–H groups in total. The van der Waals surface area contributed by atoms with E-state index in [9.17, 15) is 14.4 Å². The average molecular weight is 421 g/mol. The fourth-order valence-corrected chi connectivity index (χ4v) is 2.92. The molecule has 8 heteroatoms. The van der Waals surface area contributed by atoms with Gasteiger partial charge in [-0.05, 0) is 23.8 Å². The van der Waals surface area contributed by atoms with E-state index >= 15 is 0 Å². The van der Waals surface area contributed by atoms with Gasteiger partial charge >= 0.3 is 5.97 Å². The van der Waals surface area contributed by atoms with Crippen molar-refractivity contribution in [1.29, 1.82) is 0 Å². The van der Waals surface area contributed by atoms with Crippen molar-refractivity contribution < 1.29 is 19.1 Å². The van der Waals surface area contributed by atoms with Crippen molar-refractivity contribution in [3.8, 4) is 5.75 Å². The number of carbonyl (C=O) groups excluding carboxylic acids is 2. The van der Waals surface area contributed by atoms with Gasteiger partial charge in [0.1, 0.15) is 18.1 Å². The number of hydrogen-bond donors (Lipinski definition) is 1. The zero-order valence-electron chi connectivity index (χ0n) is 17.1. The standard InChI is InChI=1S/C23H23N3O5/c1-30-22(28)16-20(17-8-4-2-5-9-17)24-23(29)19-12-13-21(27)26(25-19)14-15-31-18-10-6-3-7-11-18/h2-13,20H,14-16H2,1H3,(H,24,29). The Morgan fingerprint density at radius 2 is 1.68 bits per heavy atom. The molecule has 0 aliphatic heterocycles. The van der Waals surface area contributed by atoms with Gasteiger partial charge in [0.2, 0.25) is 0 Å². The topological polar surface area (TPSA) is 99.5 Å². The molecule has 0 spiro atoms. The van der Waals surface area contributed by atoms with Crippen molar-refractivity contribution in [3.05, 3.63) is 94.4 Å². The quantitative estimate of drug-likeness (QED) is 0.533. The van der Waals surface area contributed by atoms with E-state index in [2.05, 4.69) is 10.4 Å². The van der Waals surface area contributed by atoms with Gasteiger partial charge in [0, 0.05) is 6.07 Å². The largest absolute Gasteiger partial charge is 0.492 e. The molecule has 0 saturated heterocycles. The molecule has 1 amide bonds. The maximum atomic E-state index is 12.8. The molecule has 0 radical (unpaired) electrons. The summed E-state index contributed by atoms with van der Waals surface area (Å²) in [6.07, 6.45) is -0.0309. The Labute approximate surface area is 179 Å². The van der Waals surface area contributed by atoms with Crippen molar-refractivity contribution in [3.63, 3.8) is 0 Å². The molecule has 1 unspecified atom stereocenters. The second kappa shape index (κ2) is 10.7. The molecule has 1 aromatic heterocycles. The lowest BCUT2D eigenvalue weighted by Crippen LogP contribution is -2.33. The second-order valence-electron chi connectivity index (χ2n) is 6.66. The van der Waals surface area contributed by atoms with Gasteiger partial charge < -0.3 is 14.8 Å². The van der Waals surface area contributed by atoms with Crippen molar-refractivity contribution in [2.75, 3.05) is 13.7 Å². The van der Waals surface area contributed by atoms with E-state index in [1.54, 1.807) is 0 Å². The van der Waals surface area contributed by atoms with Crippen LogP contribution in [0, 0.1) is 0 Å². The van der Waals surface area contributed by atoms with E-state index in [4.69, 9.17) is 9.47 Å². The number of benzene rings is 2. The Kier molecular flexibility index (Phi) is 7.53. The van der Waals surface area contributed by atoms with Gasteiger partial charge in [-0.1, -0.05) is 48.5 Å².